The van der Waals surface area contributed by atoms with E-state index >= 15 is 0 Å². The van der Waals surface area contributed by atoms with Crippen molar-refractivity contribution in [3.63, 3.8) is 0 Å². The molecule has 0 aliphatic rings. The summed E-state index contributed by atoms with van der Waals surface area (Å²) >= 11 is 1.61. The molecule has 1 amide bonds. The van der Waals surface area contributed by atoms with Gasteiger partial charge in [0.2, 0.25) is 0 Å². The van der Waals surface area contributed by atoms with Crippen LogP contribution in [-0.4, -0.2) is 26.8 Å². The Balaban J connectivity index is 2.12. The molecular weight excluding hydrogens is 306 g/mol. The van der Waals surface area contributed by atoms with Gasteiger partial charge in [-0.2, -0.15) is 0 Å². The maximum Gasteiger partial charge on any atom is 0.255 e. The highest BCUT2D eigenvalue weighted by Crippen LogP contribution is 2.17. The van der Waals surface area contributed by atoms with Gasteiger partial charge in [-0.15, -0.1) is 11.8 Å². The molecule has 0 heterocycles. The first kappa shape index (κ1) is 15.6. The molecule has 4 nitrogen and oxygen atoms in total. The lowest BCUT2D eigenvalue weighted by molar-refractivity contribution is 0.102. The molecule has 0 unspecified atom stereocenters. The van der Waals surface area contributed by atoms with Crippen LogP contribution >= 0.6 is 11.8 Å². The molecule has 0 aromatic heterocycles. The number of sulfone groups is 1. The van der Waals surface area contributed by atoms with E-state index in [9.17, 15) is 13.2 Å². The lowest BCUT2D eigenvalue weighted by Crippen LogP contribution is -2.11. The van der Waals surface area contributed by atoms with Crippen LogP contribution in [0.1, 0.15) is 10.4 Å². The summed E-state index contributed by atoms with van der Waals surface area (Å²) in [6, 6.07) is 13.4. The Kier molecular flexibility index (Phi) is 4.69. The third-order valence-corrected chi connectivity index (χ3v) is 4.76. The van der Waals surface area contributed by atoms with Crippen molar-refractivity contribution >= 4 is 33.2 Å². The molecule has 0 aliphatic heterocycles. The number of amides is 1. The van der Waals surface area contributed by atoms with Crippen molar-refractivity contribution < 1.29 is 13.2 Å². The number of nitrogens with one attached hydrogen (secondary N) is 1. The Bertz CT molecular complexity index is 735. The minimum absolute atomic E-state index is 0.227. The SMILES string of the molecule is CSc1ccc(C(=O)Nc2ccc(S(C)(=O)=O)cc2)cc1. The number of carbonyl (C=O) groups is 1. The van der Waals surface area contributed by atoms with E-state index in [0.717, 1.165) is 11.2 Å². The number of carbonyl (C=O) groups excluding carboxylic acids is 1. The van der Waals surface area contributed by atoms with Gasteiger partial charge >= 0.3 is 0 Å². The molecule has 2 aromatic rings. The van der Waals surface area contributed by atoms with Crippen LogP contribution < -0.4 is 5.32 Å². The van der Waals surface area contributed by atoms with Gasteiger partial charge in [0.25, 0.3) is 5.91 Å². The maximum atomic E-state index is 12.1. The summed E-state index contributed by atoms with van der Waals surface area (Å²) in [4.78, 5) is 13.4. The summed E-state index contributed by atoms with van der Waals surface area (Å²) in [5, 5.41) is 2.73. The molecular formula is C15H15NO3S2. The zero-order valence-corrected chi connectivity index (χ0v) is 13.3. The summed E-state index contributed by atoms with van der Waals surface area (Å²) < 4.78 is 22.7. The number of hydrogen-bond donors (Lipinski definition) is 1. The van der Waals surface area contributed by atoms with Gasteiger partial charge in [0.05, 0.1) is 4.90 Å². The Morgan fingerprint density at radius 3 is 2.05 bits per heavy atom. The highest BCUT2D eigenvalue weighted by atomic mass is 32.2. The summed E-state index contributed by atoms with van der Waals surface area (Å²) in [6.07, 6.45) is 3.12. The second kappa shape index (κ2) is 6.32. The summed E-state index contributed by atoms with van der Waals surface area (Å²) in [7, 11) is -3.22. The van der Waals surface area contributed by atoms with Crippen molar-refractivity contribution in [3.05, 3.63) is 54.1 Å². The largest absolute Gasteiger partial charge is 0.322 e. The van der Waals surface area contributed by atoms with E-state index in [1.165, 1.54) is 12.1 Å². The fourth-order valence-electron chi connectivity index (χ4n) is 1.73. The summed E-state index contributed by atoms with van der Waals surface area (Å²) in [5.41, 5.74) is 1.11. The third kappa shape index (κ3) is 4.09. The van der Waals surface area contributed by atoms with Crippen molar-refractivity contribution in [2.75, 3.05) is 17.8 Å². The number of rotatable bonds is 4. The summed E-state index contributed by atoms with van der Waals surface area (Å²) in [6.45, 7) is 0. The minimum atomic E-state index is -3.22. The average Bonchev–Trinajstić information content (AvgIpc) is 2.47. The highest BCUT2D eigenvalue weighted by Gasteiger charge is 2.09. The van der Waals surface area contributed by atoms with Crippen molar-refractivity contribution in [1.29, 1.82) is 0 Å². The maximum absolute atomic E-state index is 12.1. The van der Waals surface area contributed by atoms with Gasteiger partial charge in [0.15, 0.2) is 9.84 Å². The number of thioether (sulfide) groups is 1. The average molecular weight is 321 g/mol. The van der Waals surface area contributed by atoms with Gasteiger partial charge in [0.1, 0.15) is 0 Å². The van der Waals surface area contributed by atoms with E-state index in [-0.39, 0.29) is 10.8 Å². The van der Waals surface area contributed by atoms with Crippen LogP contribution in [0.3, 0.4) is 0 Å². The Morgan fingerprint density at radius 2 is 1.57 bits per heavy atom. The van der Waals surface area contributed by atoms with Crippen molar-refractivity contribution in [2.24, 2.45) is 0 Å². The lowest BCUT2D eigenvalue weighted by atomic mass is 10.2. The molecule has 0 atom stereocenters. The van der Waals surface area contributed by atoms with Crippen LogP contribution in [0, 0.1) is 0 Å². The predicted octanol–water partition coefficient (Wildman–Crippen LogP) is 3.06. The second-order valence-corrected chi connectivity index (χ2v) is 7.37. The molecule has 2 aromatic carbocycles. The molecule has 0 fully saturated rings. The minimum Gasteiger partial charge on any atom is -0.322 e. The molecule has 0 bridgehead atoms. The first-order valence-corrected chi connectivity index (χ1v) is 9.27. The quantitative estimate of drug-likeness (QED) is 0.879. The molecule has 0 radical (unpaired) electrons. The van der Waals surface area contributed by atoms with Gasteiger partial charge in [-0.1, -0.05) is 0 Å². The van der Waals surface area contributed by atoms with Gasteiger partial charge in [-0.25, -0.2) is 8.42 Å². The van der Waals surface area contributed by atoms with Crippen LogP contribution in [0.4, 0.5) is 5.69 Å². The zero-order chi connectivity index (χ0) is 15.5. The molecule has 0 saturated carbocycles. The number of anilines is 1. The van der Waals surface area contributed by atoms with Crippen molar-refractivity contribution in [3.8, 4) is 0 Å². The standard InChI is InChI=1S/C15H15NO3S2/c1-20-13-7-3-11(4-8-13)15(17)16-12-5-9-14(10-6-12)21(2,18)19/h3-10H,1-2H3,(H,16,17). The van der Waals surface area contributed by atoms with Crippen molar-refractivity contribution in [1.82, 2.24) is 0 Å². The molecule has 0 spiro atoms. The van der Waals surface area contributed by atoms with Crippen LogP contribution in [0.2, 0.25) is 0 Å². The van der Waals surface area contributed by atoms with Gasteiger partial charge in [0, 0.05) is 22.4 Å². The molecule has 21 heavy (non-hydrogen) atoms. The monoisotopic (exact) mass is 321 g/mol. The van der Waals surface area contributed by atoms with E-state index in [0.29, 0.717) is 11.3 Å². The zero-order valence-electron chi connectivity index (χ0n) is 11.7. The Morgan fingerprint density at radius 1 is 1.00 bits per heavy atom. The summed E-state index contributed by atoms with van der Waals surface area (Å²) in [5.74, 6) is -0.227. The predicted molar refractivity (Wildman–Crippen MR) is 85.7 cm³/mol. The fraction of sp³-hybridized carbons (Fsp3) is 0.133. The Labute approximate surface area is 128 Å². The van der Waals surface area contributed by atoms with Crippen LogP contribution in [0.15, 0.2) is 58.3 Å². The first-order valence-electron chi connectivity index (χ1n) is 6.15. The van der Waals surface area contributed by atoms with E-state index in [2.05, 4.69) is 5.32 Å². The lowest BCUT2D eigenvalue weighted by Gasteiger charge is -2.06. The highest BCUT2D eigenvalue weighted by molar-refractivity contribution is 7.98. The fourth-order valence-corrected chi connectivity index (χ4v) is 2.77. The van der Waals surface area contributed by atoms with Gasteiger partial charge in [-0.05, 0) is 54.8 Å². The second-order valence-electron chi connectivity index (χ2n) is 4.48. The molecule has 0 saturated heterocycles. The molecule has 2 rings (SSSR count). The van der Waals surface area contributed by atoms with Crippen LogP contribution in [0.5, 0.6) is 0 Å². The van der Waals surface area contributed by atoms with Gasteiger partial charge < -0.3 is 5.32 Å². The molecule has 1 N–H and O–H groups in total. The van der Waals surface area contributed by atoms with Crippen molar-refractivity contribution in [2.45, 2.75) is 9.79 Å². The van der Waals surface area contributed by atoms with Crippen LogP contribution in [-0.2, 0) is 9.84 Å². The smallest absolute Gasteiger partial charge is 0.255 e. The van der Waals surface area contributed by atoms with Gasteiger partial charge in [-0.3, -0.25) is 4.79 Å². The number of hydrogen-bond acceptors (Lipinski definition) is 4. The topological polar surface area (TPSA) is 63.2 Å². The van der Waals surface area contributed by atoms with E-state index in [4.69, 9.17) is 0 Å². The van der Waals surface area contributed by atoms with E-state index in [1.54, 1.807) is 36.0 Å². The Hall–Kier alpha value is -1.79. The molecule has 0 aliphatic carbocycles. The molecule has 6 heteroatoms. The van der Waals surface area contributed by atoms with Crippen LogP contribution in [0.25, 0.3) is 0 Å². The third-order valence-electron chi connectivity index (χ3n) is 2.89. The normalized spacial score (nSPS) is 11.1. The first-order chi connectivity index (χ1) is 9.90. The number of benzene rings is 2. The van der Waals surface area contributed by atoms with E-state index < -0.39 is 9.84 Å². The molecule has 110 valence electrons. The van der Waals surface area contributed by atoms with E-state index in [1.807, 2.05) is 18.4 Å².